The van der Waals surface area contributed by atoms with Gasteiger partial charge in [-0.15, -0.1) is 0 Å². The van der Waals surface area contributed by atoms with E-state index in [1.165, 1.54) is 41.7 Å². The Bertz CT molecular complexity index is 968. The van der Waals surface area contributed by atoms with Crippen molar-refractivity contribution in [2.24, 2.45) is 0 Å². The fourth-order valence-electron chi connectivity index (χ4n) is 2.79. The molecule has 0 saturated carbocycles. The van der Waals surface area contributed by atoms with E-state index < -0.39 is 21.9 Å². The summed E-state index contributed by atoms with van der Waals surface area (Å²) in [6, 6.07) is 10.5. The summed E-state index contributed by atoms with van der Waals surface area (Å²) in [5.74, 6) is -1.21. The molecule has 1 N–H and O–H groups in total. The first-order valence-corrected chi connectivity index (χ1v) is 9.83. The lowest BCUT2D eigenvalue weighted by atomic mass is 10.2. The molecule has 0 aliphatic carbocycles. The zero-order valence-corrected chi connectivity index (χ0v) is 15.5. The van der Waals surface area contributed by atoms with Gasteiger partial charge in [0.05, 0.1) is 12.0 Å². The van der Waals surface area contributed by atoms with E-state index in [9.17, 15) is 18.0 Å². The maximum absolute atomic E-state index is 12.6. The number of carbonyl (C=O) groups excluding carboxylic acids is 2. The Hall–Kier alpha value is -2.78. The molecule has 2 heterocycles. The lowest BCUT2D eigenvalue weighted by molar-refractivity contribution is 0.0594. The summed E-state index contributed by atoms with van der Waals surface area (Å²) in [5, 5.41) is 2.61. The largest absolute Gasteiger partial charge is 0.464 e. The maximum atomic E-state index is 12.6. The summed E-state index contributed by atoms with van der Waals surface area (Å²) in [5.41, 5.74) is 0.353. The molecule has 1 aliphatic rings. The van der Waals surface area contributed by atoms with Gasteiger partial charge in [-0.1, -0.05) is 12.1 Å². The molecule has 1 amide bonds. The van der Waals surface area contributed by atoms with E-state index >= 15 is 0 Å². The number of aromatic nitrogens is 1. The molecule has 0 bridgehead atoms. The van der Waals surface area contributed by atoms with Gasteiger partial charge < -0.3 is 10.1 Å². The van der Waals surface area contributed by atoms with Crippen LogP contribution < -0.4 is 5.32 Å². The first kappa shape index (κ1) is 19.0. The Morgan fingerprint density at radius 3 is 2.44 bits per heavy atom. The highest BCUT2D eigenvalue weighted by atomic mass is 32.2. The number of anilines is 1. The van der Waals surface area contributed by atoms with E-state index in [4.69, 9.17) is 0 Å². The highest BCUT2D eigenvalue weighted by Crippen LogP contribution is 2.23. The third-order valence-electron chi connectivity index (χ3n) is 4.17. The second-order valence-electron chi connectivity index (χ2n) is 5.99. The molecule has 0 radical (unpaired) electrons. The second kappa shape index (κ2) is 7.85. The average molecular weight is 389 g/mol. The minimum Gasteiger partial charge on any atom is -0.464 e. The van der Waals surface area contributed by atoms with Gasteiger partial charge in [-0.3, -0.25) is 4.79 Å². The summed E-state index contributed by atoms with van der Waals surface area (Å²) in [6.07, 6.45) is 1.69. The third kappa shape index (κ3) is 4.15. The van der Waals surface area contributed by atoms with Gasteiger partial charge in [0.2, 0.25) is 10.0 Å². The molecule has 2 aromatic rings. The first-order valence-electron chi connectivity index (χ1n) is 8.39. The Morgan fingerprint density at radius 1 is 1.07 bits per heavy atom. The van der Waals surface area contributed by atoms with Crippen LogP contribution in [0.15, 0.2) is 47.4 Å². The molecular formula is C18H19N3O5S. The van der Waals surface area contributed by atoms with E-state index in [-0.39, 0.29) is 16.3 Å². The van der Waals surface area contributed by atoms with Crippen molar-refractivity contribution in [2.45, 2.75) is 17.7 Å². The van der Waals surface area contributed by atoms with Crippen LogP contribution in [-0.2, 0) is 14.8 Å². The quantitative estimate of drug-likeness (QED) is 0.783. The zero-order chi connectivity index (χ0) is 19.4. The number of ether oxygens (including phenoxy) is 1. The predicted octanol–water partition coefficient (Wildman–Crippen LogP) is 1.90. The van der Waals surface area contributed by atoms with Crippen molar-refractivity contribution < 1.29 is 22.7 Å². The smallest absolute Gasteiger partial charge is 0.356 e. The molecular weight excluding hydrogens is 370 g/mol. The third-order valence-corrected chi connectivity index (χ3v) is 6.07. The van der Waals surface area contributed by atoms with Crippen LogP contribution >= 0.6 is 0 Å². The number of hydrogen-bond acceptors (Lipinski definition) is 6. The average Bonchev–Trinajstić information content (AvgIpc) is 3.23. The fraction of sp³-hybridized carbons (Fsp3) is 0.278. The normalized spacial score (nSPS) is 14.7. The van der Waals surface area contributed by atoms with E-state index in [2.05, 4.69) is 15.0 Å². The Kier molecular flexibility index (Phi) is 5.52. The Balaban J connectivity index is 1.80. The van der Waals surface area contributed by atoms with Crippen LogP contribution in [0.1, 0.15) is 33.8 Å². The van der Waals surface area contributed by atoms with Crippen molar-refractivity contribution in [1.29, 1.82) is 0 Å². The number of esters is 1. The molecule has 27 heavy (non-hydrogen) atoms. The van der Waals surface area contributed by atoms with Crippen molar-refractivity contribution in [3.8, 4) is 0 Å². The Labute approximate surface area is 157 Å². The van der Waals surface area contributed by atoms with Crippen molar-refractivity contribution in [1.82, 2.24) is 9.29 Å². The van der Waals surface area contributed by atoms with E-state index in [0.29, 0.717) is 18.8 Å². The highest BCUT2D eigenvalue weighted by molar-refractivity contribution is 7.89. The number of sulfonamides is 1. The topological polar surface area (TPSA) is 106 Å². The molecule has 0 unspecified atom stereocenters. The first-order chi connectivity index (χ1) is 12.9. The number of carbonyl (C=O) groups is 2. The van der Waals surface area contributed by atoms with Gasteiger partial charge >= 0.3 is 5.97 Å². The van der Waals surface area contributed by atoms with Gasteiger partial charge in [0.15, 0.2) is 0 Å². The summed E-state index contributed by atoms with van der Waals surface area (Å²) >= 11 is 0. The molecule has 1 aromatic carbocycles. The molecule has 142 valence electrons. The number of pyridine rings is 1. The standard InChI is InChI=1S/C18H19N3O5S/c1-26-18(23)16-9-5-8-15(20-16)17(22)19-13-6-4-7-14(12-13)27(24,25)21-10-2-3-11-21/h4-9,12H,2-3,10-11H2,1H3,(H,19,22). The molecule has 1 fully saturated rings. The summed E-state index contributed by atoms with van der Waals surface area (Å²) in [6.45, 7) is 1.01. The van der Waals surface area contributed by atoms with E-state index in [1.54, 1.807) is 12.1 Å². The minimum atomic E-state index is -3.58. The van der Waals surface area contributed by atoms with Gasteiger partial charge in [0, 0.05) is 18.8 Å². The monoisotopic (exact) mass is 389 g/mol. The molecule has 9 heteroatoms. The van der Waals surface area contributed by atoms with E-state index in [1.807, 2.05) is 0 Å². The highest BCUT2D eigenvalue weighted by Gasteiger charge is 2.27. The summed E-state index contributed by atoms with van der Waals surface area (Å²) < 4.78 is 31.3. The molecule has 1 saturated heterocycles. The van der Waals surface area contributed by atoms with Gasteiger partial charge in [-0.25, -0.2) is 18.2 Å². The number of amides is 1. The van der Waals surface area contributed by atoms with Crippen molar-refractivity contribution in [2.75, 3.05) is 25.5 Å². The summed E-state index contributed by atoms with van der Waals surface area (Å²) in [4.78, 5) is 28.0. The van der Waals surface area contributed by atoms with Crippen LogP contribution in [0.3, 0.4) is 0 Å². The number of rotatable bonds is 5. The fourth-order valence-corrected chi connectivity index (χ4v) is 4.35. The van der Waals surface area contributed by atoms with Crippen molar-refractivity contribution >= 4 is 27.6 Å². The SMILES string of the molecule is COC(=O)c1cccc(C(=O)Nc2cccc(S(=O)(=O)N3CCCC3)c2)n1. The van der Waals surface area contributed by atoms with Gasteiger partial charge in [-0.05, 0) is 43.2 Å². The molecule has 8 nitrogen and oxygen atoms in total. The van der Waals surface area contributed by atoms with Gasteiger partial charge in [0.1, 0.15) is 11.4 Å². The van der Waals surface area contributed by atoms with Crippen LogP contribution in [0, 0.1) is 0 Å². The van der Waals surface area contributed by atoms with Crippen LogP contribution in [-0.4, -0.2) is 49.8 Å². The lowest BCUT2D eigenvalue weighted by Gasteiger charge is -2.16. The van der Waals surface area contributed by atoms with Gasteiger partial charge in [-0.2, -0.15) is 4.31 Å². The Morgan fingerprint density at radius 2 is 1.74 bits per heavy atom. The van der Waals surface area contributed by atoms with Crippen LogP contribution in [0.5, 0.6) is 0 Å². The minimum absolute atomic E-state index is 0.00973. The number of benzene rings is 1. The zero-order valence-electron chi connectivity index (χ0n) is 14.7. The number of hydrogen-bond donors (Lipinski definition) is 1. The molecule has 1 aromatic heterocycles. The van der Waals surface area contributed by atoms with Crippen molar-refractivity contribution in [3.05, 3.63) is 53.9 Å². The number of methoxy groups -OCH3 is 1. The molecule has 0 spiro atoms. The summed E-state index contributed by atoms with van der Waals surface area (Å²) in [7, 11) is -2.35. The molecule has 1 aliphatic heterocycles. The predicted molar refractivity (Wildman–Crippen MR) is 98.0 cm³/mol. The molecule has 0 atom stereocenters. The van der Waals surface area contributed by atoms with Crippen LogP contribution in [0.2, 0.25) is 0 Å². The van der Waals surface area contributed by atoms with Crippen molar-refractivity contribution in [3.63, 3.8) is 0 Å². The number of nitrogens with zero attached hydrogens (tertiary/aromatic N) is 2. The second-order valence-corrected chi connectivity index (χ2v) is 7.93. The lowest BCUT2D eigenvalue weighted by Crippen LogP contribution is -2.28. The molecule has 3 rings (SSSR count). The number of nitrogens with one attached hydrogen (secondary N) is 1. The van der Waals surface area contributed by atoms with E-state index in [0.717, 1.165) is 12.8 Å². The van der Waals surface area contributed by atoms with Gasteiger partial charge in [0.25, 0.3) is 5.91 Å². The maximum Gasteiger partial charge on any atom is 0.356 e. The van der Waals surface area contributed by atoms with Crippen LogP contribution in [0.4, 0.5) is 5.69 Å². The van der Waals surface area contributed by atoms with Crippen LogP contribution in [0.25, 0.3) is 0 Å².